The van der Waals surface area contributed by atoms with Crippen molar-refractivity contribution < 1.29 is 28.9 Å². The van der Waals surface area contributed by atoms with Gasteiger partial charge in [0.15, 0.2) is 0 Å². The molecule has 1 aromatic carbocycles. The predicted octanol–water partition coefficient (Wildman–Crippen LogP) is 1.57. The third kappa shape index (κ3) is 4.94. The molecule has 1 aliphatic carbocycles. The van der Waals surface area contributed by atoms with Crippen molar-refractivity contribution in [2.45, 2.75) is 56.3 Å². The zero-order valence-corrected chi connectivity index (χ0v) is 17.3. The number of nitrogens with one attached hydrogen (secondary N) is 2. The van der Waals surface area contributed by atoms with E-state index in [1.807, 2.05) is 18.2 Å². The van der Waals surface area contributed by atoms with Gasteiger partial charge in [0.25, 0.3) is 0 Å². The Morgan fingerprint density at radius 1 is 1.23 bits per heavy atom. The summed E-state index contributed by atoms with van der Waals surface area (Å²) in [4.78, 5) is 24.4. The summed E-state index contributed by atoms with van der Waals surface area (Å²) in [6.45, 7) is 0.729. The van der Waals surface area contributed by atoms with Gasteiger partial charge in [-0.3, -0.25) is 9.59 Å². The maximum atomic E-state index is 12.2. The van der Waals surface area contributed by atoms with Gasteiger partial charge >= 0.3 is 0 Å². The Kier molecular flexibility index (Phi) is 6.55. The number of hydrogen-bond acceptors (Lipinski definition) is 6. The lowest BCUT2D eigenvalue weighted by Gasteiger charge is -2.37. The molecular weight excluding hydrogens is 388 g/mol. The summed E-state index contributed by atoms with van der Waals surface area (Å²) in [5, 5.41) is 15.6. The van der Waals surface area contributed by atoms with Crippen molar-refractivity contribution in [2.75, 3.05) is 32.2 Å². The molecule has 0 radical (unpaired) electrons. The third-order valence-corrected chi connectivity index (χ3v) is 6.00. The lowest BCUT2D eigenvalue weighted by Crippen LogP contribution is -2.47. The highest BCUT2D eigenvalue weighted by atomic mass is 16.6. The molecule has 4 atom stereocenters. The Bertz CT molecular complexity index is 781. The van der Waals surface area contributed by atoms with Crippen molar-refractivity contribution in [2.24, 2.45) is 5.92 Å². The van der Waals surface area contributed by atoms with E-state index < -0.39 is 6.10 Å². The SMILES string of the molecule is COCCNC(=O)C[C@H]1C[C@H]2c3cc(NC(=O)CC4CC4)ccc3O[C@H]2[C@@H](CO)O1. The lowest BCUT2D eigenvalue weighted by atomic mass is 9.84. The molecule has 2 fully saturated rings. The molecule has 0 bridgehead atoms. The number of benzene rings is 1. The van der Waals surface area contributed by atoms with Crippen LogP contribution in [0, 0.1) is 5.92 Å². The molecule has 3 N–H and O–H groups in total. The number of hydrogen-bond donors (Lipinski definition) is 3. The van der Waals surface area contributed by atoms with E-state index in [0.29, 0.717) is 31.9 Å². The molecule has 1 saturated heterocycles. The van der Waals surface area contributed by atoms with E-state index in [9.17, 15) is 14.7 Å². The highest BCUT2D eigenvalue weighted by Gasteiger charge is 2.46. The molecule has 2 amide bonds. The van der Waals surface area contributed by atoms with Crippen LogP contribution in [0.1, 0.15) is 43.6 Å². The van der Waals surface area contributed by atoms with Crippen LogP contribution in [0.2, 0.25) is 0 Å². The summed E-state index contributed by atoms with van der Waals surface area (Å²) >= 11 is 0. The van der Waals surface area contributed by atoms with Crippen LogP contribution in [0.4, 0.5) is 5.69 Å². The standard InChI is InChI=1S/C22H30N2O6/c1-28-7-6-23-20(26)11-15-10-17-16-9-14(24-21(27)8-13-2-3-13)4-5-18(16)30-22(17)19(12-25)29-15/h4-5,9,13,15,17,19,22,25H,2-3,6-8,10-12H2,1H3,(H,23,26)(H,24,27)/t15-,17+,19-,22-/m1/s1. The summed E-state index contributed by atoms with van der Waals surface area (Å²) in [6, 6.07) is 5.66. The van der Waals surface area contributed by atoms with Crippen LogP contribution < -0.4 is 15.4 Å². The number of anilines is 1. The van der Waals surface area contributed by atoms with Crippen molar-refractivity contribution >= 4 is 17.5 Å². The van der Waals surface area contributed by atoms with E-state index in [1.165, 1.54) is 0 Å². The molecule has 30 heavy (non-hydrogen) atoms. The monoisotopic (exact) mass is 418 g/mol. The van der Waals surface area contributed by atoms with Crippen LogP contribution in [-0.2, 0) is 19.1 Å². The van der Waals surface area contributed by atoms with Crippen molar-refractivity contribution in [3.8, 4) is 5.75 Å². The van der Waals surface area contributed by atoms with Gasteiger partial charge in [0.05, 0.1) is 25.7 Å². The van der Waals surface area contributed by atoms with E-state index in [4.69, 9.17) is 14.2 Å². The zero-order valence-electron chi connectivity index (χ0n) is 17.3. The number of aliphatic hydroxyl groups excluding tert-OH is 1. The van der Waals surface area contributed by atoms with Gasteiger partial charge in [-0.2, -0.15) is 0 Å². The fourth-order valence-electron chi connectivity index (χ4n) is 4.33. The molecule has 0 aromatic heterocycles. The fraction of sp³-hybridized carbons (Fsp3) is 0.636. The van der Waals surface area contributed by atoms with Gasteiger partial charge < -0.3 is 30.0 Å². The first kappa shape index (κ1) is 21.1. The van der Waals surface area contributed by atoms with Crippen molar-refractivity contribution in [3.05, 3.63) is 23.8 Å². The van der Waals surface area contributed by atoms with E-state index in [1.54, 1.807) is 7.11 Å². The number of methoxy groups -OCH3 is 1. The highest BCUT2D eigenvalue weighted by molar-refractivity contribution is 5.91. The quantitative estimate of drug-likeness (QED) is 0.526. The first-order valence-corrected chi connectivity index (χ1v) is 10.7. The predicted molar refractivity (Wildman–Crippen MR) is 109 cm³/mol. The molecule has 0 spiro atoms. The Morgan fingerprint density at radius 2 is 2.07 bits per heavy atom. The van der Waals surface area contributed by atoms with E-state index >= 15 is 0 Å². The Hall–Kier alpha value is -2.16. The van der Waals surface area contributed by atoms with Gasteiger partial charge in [-0.15, -0.1) is 0 Å². The van der Waals surface area contributed by atoms with Gasteiger partial charge in [0.1, 0.15) is 18.0 Å². The fourth-order valence-corrected chi connectivity index (χ4v) is 4.33. The second-order valence-corrected chi connectivity index (χ2v) is 8.40. The van der Waals surface area contributed by atoms with Crippen LogP contribution in [0.5, 0.6) is 5.75 Å². The van der Waals surface area contributed by atoms with E-state index in [-0.39, 0.29) is 43.0 Å². The second kappa shape index (κ2) is 9.32. The number of carbonyl (C=O) groups excluding carboxylic acids is 2. The number of aliphatic hydroxyl groups is 1. The molecule has 2 heterocycles. The average Bonchev–Trinajstić information content (AvgIpc) is 3.46. The summed E-state index contributed by atoms with van der Waals surface area (Å²) < 4.78 is 17.0. The van der Waals surface area contributed by atoms with E-state index in [2.05, 4.69) is 10.6 Å². The summed E-state index contributed by atoms with van der Waals surface area (Å²) in [6.07, 6.45) is 2.57. The number of rotatable bonds is 9. The second-order valence-electron chi connectivity index (χ2n) is 8.40. The molecular formula is C22H30N2O6. The number of fused-ring (bicyclic) bond motifs is 3. The van der Waals surface area contributed by atoms with Crippen LogP contribution in [0.25, 0.3) is 0 Å². The van der Waals surface area contributed by atoms with Crippen LogP contribution in [0.15, 0.2) is 18.2 Å². The Morgan fingerprint density at radius 3 is 2.80 bits per heavy atom. The van der Waals surface area contributed by atoms with Crippen molar-refractivity contribution in [1.82, 2.24) is 5.32 Å². The largest absolute Gasteiger partial charge is 0.487 e. The minimum absolute atomic E-state index is 0.00274. The molecule has 164 valence electrons. The molecule has 4 rings (SSSR count). The maximum Gasteiger partial charge on any atom is 0.224 e. The minimum Gasteiger partial charge on any atom is -0.487 e. The number of amides is 2. The topological polar surface area (TPSA) is 106 Å². The van der Waals surface area contributed by atoms with Gasteiger partial charge in [0, 0.05) is 37.2 Å². The van der Waals surface area contributed by atoms with Crippen LogP contribution in [0.3, 0.4) is 0 Å². The molecule has 8 heteroatoms. The molecule has 1 aromatic rings. The zero-order chi connectivity index (χ0) is 21.1. The average molecular weight is 418 g/mol. The summed E-state index contributed by atoms with van der Waals surface area (Å²) in [5.41, 5.74) is 1.75. The summed E-state index contributed by atoms with van der Waals surface area (Å²) in [7, 11) is 1.59. The highest BCUT2D eigenvalue weighted by Crippen LogP contribution is 2.47. The normalized spacial score (nSPS) is 27.0. The molecule has 0 unspecified atom stereocenters. The van der Waals surface area contributed by atoms with Crippen LogP contribution in [-0.4, -0.2) is 62.1 Å². The molecule has 2 aliphatic heterocycles. The van der Waals surface area contributed by atoms with Crippen LogP contribution >= 0.6 is 0 Å². The molecule has 1 saturated carbocycles. The summed E-state index contributed by atoms with van der Waals surface area (Å²) in [5.74, 6) is 1.22. The third-order valence-electron chi connectivity index (χ3n) is 6.00. The minimum atomic E-state index is -0.499. The molecule has 3 aliphatic rings. The van der Waals surface area contributed by atoms with Crippen molar-refractivity contribution in [1.29, 1.82) is 0 Å². The Labute approximate surface area is 176 Å². The van der Waals surface area contributed by atoms with E-state index in [0.717, 1.165) is 29.8 Å². The molecule has 8 nitrogen and oxygen atoms in total. The van der Waals surface area contributed by atoms with Crippen molar-refractivity contribution in [3.63, 3.8) is 0 Å². The smallest absolute Gasteiger partial charge is 0.224 e. The van der Waals surface area contributed by atoms with Gasteiger partial charge in [0.2, 0.25) is 11.8 Å². The van der Waals surface area contributed by atoms with Gasteiger partial charge in [-0.25, -0.2) is 0 Å². The Balaban J connectivity index is 1.43. The van der Waals surface area contributed by atoms with Gasteiger partial charge in [-0.1, -0.05) is 0 Å². The van der Waals surface area contributed by atoms with Gasteiger partial charge in [-0.05, 0) is 43.4 Å². The number of carbonyl (C=O) groups is 2. The first-order chi connectivity index (χ1) is 14.6. The number of ether oxygens (including phenoxy) is 3. The maximum absolute atomic E-state index is 12.2. The first-order valence-electron chi connectivity index (χ1n) is 10.7. The lowest BCUT2D eigenvalue weighted by molar-refractivity contribution is -0.142.